The van der Waals surface area contributed by atoms with E-state index >= 15 is 0 Å². The van der Waals surface area contributed by atoms with Crippen LogP contribution >= 0.6 is 11.6 Å². The molecule has 0 bridgehead atoms. The van der Waals surface area contributed by atoms with Gasteiger partial charge in [-0.2, -0.15) is 13.2 Å². The van der Waals surface area contributed by atoms with Gasteiger partial charge in [0.1, 0.15) is 5.82 Å². The smallest absolute Gasteiger partial charge is 0.399 e. The Balaban J connectivity index is 2.33. The van der Waals surface area contributed by atoms with Crippen LogP contribution in [0.4, 0.5) is 30.4 Å². The summed E-state index contributed by atoms with van der Waals surface area (Å²) in [5.74, 6) is 0.343. The lowest BCUT2D eigenvalue weighted by atomic mass is 10.2. The zero-order chi connectivity index (χ0) is 14.0. The number of nitrogens with zero attached hydrogens (tertiary/aromatic N) is 1. The molecule has 0 saturated heterocycles. The van der Waals surface area contributed by atoms with E-state index in [4.69, 9.17) is 17.3 Å². The van der Waals surface area contributed by atoms with Gasteiger partial charge in [-0.15, -0.1) is 0 Å². The normalized spacial score (nSPS) is 11.4. The van der Waals surface area contributed by atoms with Crippen LogP contribution in [0.25, 0.3) is 0 Å². The average Bonchev–Trinajstić information content (AvgIpc) is 2.26. The molecule has 0 fully saturated rings. The Labute approximate surface area is 112 Å². The highest BCUT2D eigenvalue weighted by atomic mass is 35.5. The molecule has 0 amide bonds. The molecule has 0 saturated carbocycles. The summed E-state index contributed by atoms with van der Waals surface area (Å²) in [5.41, 5.74) is 5.37. The Hall–Kier alpha value is -1.95. The van der Waals surface area contributed by atoms with Crippen molar-refractivity contribution in [3.05, 3.63) is 47.1 Å². The number of nitrogens with one attached hydrogen (secondary N) is 1. The van der Waals surface area contributed by atoms with Crippen molar-refractivity contribution in [2.45, 2.75) is 6.18 Å². The topological polar surface area (TPSA) is 50.9 Å². The van der Waals surface area contributed by atoms with Crippen LogP contribution in [0.1, 0.15) is 5.56 Å². The lowest BCUT2D eigenvalue weighted by Gasteiger charge is -2.11. The zero-order valence-corrected chi connectivity index (χ0v) is 10.3. The monoisotopic (exact) mass is 287 g/mol. The molecule has 7 heteroatoms. The van der Waals surface area contributed by atoms with E-state index in [1.165, 1.54) is 18.3 Å². The van der Waals surface area contributed by atoms with Crippen molar-refractivity contribution in [2.24, 2.45) is 0 Å². The van der Waals surface area contributed by atoms with Gasteiger partial charge in [-0.05, 0) is 24.3 Å². The Morgan fingerprint density at radius 1 is 1.16 bits per heavy atom. The third-order valence-corrected chi connectivity index (χ3v) is 2.50. The first kappa shape index (κ1) is 13.5. The summed E-state index contributed by atoms with van der Waals surface area (Å²) in [5, 5.41) is 2.71. The van der Waals surface area contributed by atoms with Gasteiger partial charge in [0.25, 0.3) is 0 Å². The van der Waals surface area contributed by atoms with Gasteiger partial charge in [-0.1, -0.05) is 11.6 Å². The largest absolute Gasteiger partial charge is 0.416 e. The van der Waals surface area contributed by atoms with Crippen LogP contribution in [0.3, 0.4) is 0 Å². The Kier molecular flexibility index (Phi) is 3.53. The molecule has 1 aromatic carbocycles. The second-order valence-corrected chi connectivity index (χ2v) is 4.26. The van der Waals surface area contributed by atoms with Crippen molar-refractivity contribution in [1.29, 1.82) is 0 Å². The summed E-state index contributed by atoms with van der Waals surface area (Å²) in [7, 11) is 0. The molecule has 0 spiro atoms. The molecular formula is C12H9ClF3N3. The molecular weight excluding hydrogens is 279 g/mol. The highest BCUT2D eigenvalue weighted by molar-refractivity contribution is 6.31. The lowest BCUT2D eigenvalue weighted by molar-refractivity contribution is -0.137. The van der Waals surface area contributed by atoms with Gasteiger partial charge in [0.2, 0.25) is 0 Å². The van der Waals surface area contributed by atoms with E-state index in [0.29, 0.717) is 11.5 Å². The molecule has 0 aliphatic rings. The van der Waals surface area contributed by atoms with Gasteiger partial charge in [0.05, 0.1) is 5.56 Å². The zero-order valence-electron chi connectivity index (χ0n) is 9.50. The third-order valence-electron chi connectivity index (χ3n) is 2.28. The molecule has 3 nitrogen and oxygen atoms in total. The first-order chi connectivity index (χ1) is 8.84. The molecule has 0 radical (unpaired) electrons. The molecule has 3 N–H and O–H groups in total. The summed E-state index contributed by atoms with van der Waals surface area (Å²) < 4.78 is 37.9. The number of pyridine rings is 1. The van der Waals surface area contributed by atoms with Crippen LogP contribution in [-0.4, -0.2) is 4.98 Å². The number of nitrogens with two attached hydrogens (primary N) is 1. The van der Waals surface area contributed by atoms with E-state index in [1.807, 2.05) is 0 Å². The highest BCUT2D eigenvalue weighted by Crippen LogP contribution is 2.33. The van der Waals surface area contributed by atoms with E-state index in [2.05, 4.69) is 10.3 Å². The van der Waals surface area contributed by atoms with Crippen molar-refractivity contribution < 1.29 is 13.2 Å². The summed E-state index contributed by atoms with van der Waals surface area (Å²) in [6.07, 6.45) is -3.00. The molecule has 2 rings (SSSR count). The van der Waals surface area contributed by atoms with Gasteiger partial charge in [-0.25, -0.2) is 4.98 Å². The minimum absolute atomic E-state index is 0.0128. The van der Waals surface area contributed by atoms with Gasteiger partial charge in [-0.3, -0.25) is 0 Å². The van der Waals surface area contributed by atoms with E-state index in [0.717, 1.165) is 12.1 Å². The Morgan fingerprint density at radius 3 is 2.53 bits per heavy atom. The molecule has 0 unspecified atom stereocenters. The minimum atomic E-state index is -4.45. The lowest BCUT2D eigenvalue weighted by Crippen LogP contribution is -2.05. The fourth-order valence-corrected chi connectivity index (χ4v) is 1.72. The maximum Gasteiger partial charge on any atom is 0.416 e. The van der Waals surface area contributed by atoms with Crippen molar-refractivity contribution in [3.8, 4) is 0 Å². The SMILES string of the molecule is Nc1ccnc(Nc2cc(Cl)cc(C(F)(F)F)c2)c1. The number of rotatable bonds is 2. The predicted octanol–water partition coefficient (Wildman–Crippen LogP) is 4.08. The molecule has 1 aromatic heterocycles. The summed E-state index contributed by atoms with van der Waals surface area (Å²) in [6.45, 7) is 0. The van der Waals surface area contributed by atoms with Crippen LogP contribution in [0.5, 0.6) is 0 Å². The molecule has 19 heavy (non-hydrogen) atoms. The third kappa shape index (κ3) is 3.51. The fraction of sp³-hybridized carbons (Fsp3) is 0.0833. The molecule has 100 valence electrons. The van der Waals surface area contributed by atoms with Crippen molar-refractivity contribution in [3.63, 3.8) is 0 Å². The molecule has 0 atom stereocenters. The Bertz CT molecular complexity index is 599. The molecule has 0 aliphatic heterocycles. The van der Waals surface area contributed by atoms with Crippen molar-refractivity contribution in [2.75, 3.05) is 11.1 Å². The Morgan fingerprint density at radius 2 is 1.89 bits per heavy atom. The number of aromatic nitrogens is 1. The number of nitrogen functional groups attached to an aromatic ring is 1. The van der Waals surface area contributed by atoms with E-state index in [-0.39, 0.29) is 10.7 Å². The van der Waals surface area contributed by atoms with Crippen LogP contribution in [0.2, 0.25) is 5.02 Å². The van der Waals surface area contributed by atoms with Crippen molar-refractivity contribution in [1.82, 2.24) is 4.98 Å². The number of hydrogen-bond donors (Lipinski definition) is 2. The van der Waals surface area contributed by atoms with Crippen LogP contribution in [-0.2, 0) is 6.18 Å². The van der Waals surface area contributed by atoms with Gasteiger partial charge < -0.3 is 11.1 Å². The number of benzene rings is 1. The quantitative estimate of drug-likeness (QED) is 0.875. The molecule has 0 aliphatic carbocycles. The second-order valence-electron chi connectivity index (χ2n) is 3.83. The number of anilines is 3. The second kappa shape index (κ2) is 4.97. The maximum atomic E-state index is 12.6. The van der Waals surface area contributed by atoms with Crippen molar-refractivity contribution >= 4 is 28.8 Å². The predicted molar refractivity (Wildman–Crippen MR) is 68.4 cm³/mol. The van der Waals surface area contributed by atoms with E-state index in [9.17, 15) is 13.2 Å². The number of hydrogen-bond acceptors (Lipinski definition) is 3. The number of halogens is 4. The van der Waals surface area contributed by atoms with E-state index < -0.39 is 11.7 Å². The summed E-state index contributed by atoms with van der Waals surface area (Å²) in [6, 6.07) is 6.27. The maximum absolute atomic E-state index is 12.6. The standard InChI is InChI=1S/C12H9ClF3N3/c13-8-3-7(12(14,15)16)4-10(5-8)19-11-6-9(17)1-2-18-11/h1-6H,(H3,17,18,19). The molecule has 1 heterocycles. The van der Waals surface area contributed by atoms with E-state index in [1.54, 1.807) is 6.07 Å². The van der Waals surface area contributed by atoms with Crippen LogP contribution < -0.4 is 11.1 Å². The van der Waals surface area contributed by atoms with Gasteiger partial charge in [0.15, 0.2) is 0 Å². The number of alkyl halides is 3. The van der Waals surface area contributed by atoms with Gasteiger partial charge >= 0.3 is 6.18 Å². The van der Waals surface area contributed by atoms with Crippen LogP contribution in [0, 0.1) is 0 Å². The first-order valence-corrected chi connectivity index (χ1v) is 5.59. The minimum Gasteiger partial charge on any atom is -0.399 e. The first-order valence-electron chi connectivity index (χ1n) is 5.21. The fourth-order valence-electron chi connectivity index (χ4n) is 1.49. The summed E-state index contributed by atoms with van der Waals surface area (Å²) in [4.78, 5) is 3.94. The highest BCUT2D eigenvalue weighted by Gasteiger charge is 2.31. The summed E-state index contributed by atoms with van der Waals surface area (Å²) >= 11 is 5.67. The average molecular weight is 288 g/mol. The van der Waals surface area contributed by atoms with Crippen LogP contribution in [0.15, 0.2) is 36.5 Å². The van der Waals surface area contributed by atoms with Gasteiger partial charge in [0, 0.05) is 28.7 Å². The molecule has 2 aromatic rings.